The Labute approximate surface area is 154 Å². The van der Waals surface area contributed by atoms with Gasteiger partial charge in [0.25, 0.3) is 0 Å². The number of allylic oxidation sites excluding steroid dienone is 1. The van der Waals surface area contributed by atoms with E-state index in [0.29, 0.717) is 42.4 Å². The number of hydrogen-bond acceptors (Lipinski definition) is 6. The van der Waals surface area contributed by atoms with Gasteiger partial charge in [-0.3, -0.25) is 9.69 Å². The van der Waals surface area contributed by atoms with Crippen molar-refractivity contribution in [3.8, 4) is 11.5 Å². The molecule has 0 radical (unpaired) electrons. The first kappa shape index (κ1) is 19.6. The summed E-state index contributed by atoms with van der Waals surface area (Å²) in [6.07, 6.45) is 1.77. The minimum absolute atomic E-state index is 0. The topological polar surface area (TPSA) is 62.2 Å². The molecule has 6 nitrogen and oxygen atoms in total. The summed E-state index contributed by atoms with van der Waals surface area (Å²) in [6.45, 7) is 9.22. The fourth-order valence-electron chi connectivity index (χ4n) is 2.98. The number of Topliss-reactive ketones (excluding diaryl/α,β-unsaturated/α-hetero) is 1. The molecule has 0 saturated carbocycles. The largest absolute Gasteiger partial charge is 0.507 e. The summed E-state index contributed by atoms with van der Waals surface area (Å²) >= 11 is 0. The van der Waals surface area contributed by atoms with Crippen LogP contribution in [0, 0.1) is 0 Å². The molecule has 1 aromatic carbocycles. The normalized spacial score (nSPS) is 18.3. The van der Waals surface area contributed by atoms with Gasteiger partial charge in [0, 0.05) is 25.8 Å². The molecule has 138 valence electrons. The van der Waals surface area contributed by atoms with Gasteiger partial charge in [0.15, 0.2) is 5.76 Å². The SMILES string of the molecule is CCN(CC)Cc1c(O)ccc2c1O/C(=C\N1CCOCC1)C2=O.Cl. The molecule has 2 aliphatic rings. The van der Waals surface area contributed by atoms with Crippen molar-refractivity contribution in [2.24, 2.45) is 0 Å². The van der Waals surface area contributed by atoms with E-state index < -0.39 is 0 Å². The van der Waals surface area contributed by atoms with Crippen molar-refractivity contribution >= 4 is 18.2 Å². The summed E-state index contributed by atoms with van der Waals surface area (Å²) in [4.78, 5) is 16.8. The summed E-state index contributed by atoms with van der Waals surface area (Å²) in [5, 5.41) is 10.2. The molecule has 1 aromatic rings. The number of carbonyl (C=O) groups is 1. The van der Waals surface area contributed by atoms with Crippen LogP contribution in [0.4, 0.5) is 0 Å². The Morgan fingerprint density at radius 3 is 2.56 bits per heavy atom. The van der Waals surface area contributed by atoms with Gasteiger partial charge >= 0.3 is 0 Å². The number of ether oxygens (including phenoxy) is 2. The number of halogens is 1. The van der Waals surface area contributed by atoms with Crippen LogP contribution in [0.25, 0.3) is 0 Å². The van der Waals surface area contributed by atoms with Crippen LogP contribution < -0.4 is 4.74 Å². The zero-order valence-corrected chi connectivity index (χ0v) is 15.5. The average Bonchev–Trinajstić information content (AvgIpc) is 2.91. The van der Waals surface area contributed by atoms with Crippen LogP contribution in [-0.4, -0.2) is 60.1 Å². The lowest BCUT2D eigenvalue weighted by Gasteiger charge is -2.25. The van der Waals surface area contributed by atoms with E-state index in [1.807, 2.05) is 4.90 Å². The average molecular weight is 369 g/mol. The van der Waals surface area contributed by atoms with Gasteiger partial charge in [0.05, 0.1) is 24.3 Å². The fourth-order valence-corrected chi connectivity index (χ4v) is 2.98. The monoisotopic (exact) mass is 368 g/mol. The van der Waals surface area contributed by atoms with E-state index in [0.717, 1.165) is 26.2 Å². The molecule has 0 atom stereocenters. The summed E-state index contributed by atoms with van der Waals surface area (Å²) in [5.41, 5.74) is 1.20. The van der Waals surface area contributed by atoms with Crippen molar-refractivity contribution < 1.29 is 19.4 Å². The molecule has 0 unspecified atom stereocenters. The number of ketones is 1. The Morgan fingerprint density at radius 1 is 1.24 bits per heavy atom. The molecular weight excluding hydrogens is 344 g/mol. The van der Waals surface area contributed by atoms with E-state index >= 15 is 0 Å². The molecular formula is C18H25ClN2O4. The lowest BCUT2D eigenvalue weighted by Crippen LogP contribution is -2.32. The molecule has 0 aliphatic carbocycles. The van der Waals surface area contributed by atoms with Crippen molar-refractivity contribution in [1.82, 2.24) is 9.80 Å². The molecule has 1 fully saturated rings. The van der Waals surface area contributed by atoms with Crippen LogP contribution in [0.3, 0.4) is 0 Å². The predicted octanol–water partition coefficient (Wildman–Crippen LogP) is 2.40. The fraction of sp³-hybridized carbons (Fsp3) is 0.500. The smallest absolute Gasteiger partial charge is 0.233 e. The van der Waals surface area contributed by atoms with Crippen LogP contribution in [0.5, 0.6) is 11.5 Å². The maximum Gasteiger partial charge on any atom is 0.233 e. The van der Waals surface area contributed by atoms with Gasteiger partial charge in [-0.2, -0.15) is 0 Å². The van der Waals surface area contributed by atoms with E-state index in [-0.39, 0.29) is 23.9 Å². The molecule has 7 heteroatoms. The number of carbonyl (C=O) groups excluding carboxylic acids is 1. The number of fused-ring (bicyclic) bond motifs is 1. The van der Waals surface area contributed by atoms with E-state index in [2.05, 4.69) is 18.7 Å². The highest BCUT2D eigenvalue weighted by Crippen LogP contribution is 2.39. The van der Waals surface area contributed by atoms with E-state index in [1.54, 1.807) is 18.3 Å². The molecule has 0 bridgehead atoms. The number of nitrogens with zero attached hydrogens (tertiary/aromatic N) is 2. The minimum Gasteiger partial charge on any atom is -0.507 e. The van der Waals surface area contributed by atoms with Crippen LogP contribution in [0.1, 0.15) is 29.8 Å². The molecule has 0 aromatic heterocycles. The lowest BCUT2D eigenvalue weighted by atomic mass is 10.0. The van der Waals surface area contributed by atoms with Gasteiger partial charge in [0.2, 0.25) is 5.78 Å². The number of phenols is 1. The van der Waals surface area contributed by atoms with E-state index in [4.69, 9.17) is 9.47 Å². The molecule has 25 heavy (non-hydrogen) atoms. The third kappa shape index (κ3) is 4.08. The van der Waals surface area contributed by atoms with Crippen molar-refractivity contribution in [3.05, 3.63) is 35.2 Å². The molecule has 3 rings (SSSR count). The van der Waals surface area contributed by atoms with Gasteiger partial charge < -0.3 is 19.5 Å². The second kappa shape index (κ2) is 8.56. The summed E-state index contributed by atoms with van der Waals surface area (Å²) < 4.78 is 11.2. The van der Waals surface area contributed by atoms with Gasteiger partial charge in [-0.05, 0) is 25.2 Å². The highest BCUT2D eigenvalue weighted by molar-refractivity contribution is 6.12. The molecule has 0 amide bonds. The van der Waals surface area contributed by atoms with E-state index in [9.17, 15) is 9.90 Å². The zero-order chi connectivity index (χ0) is 17.1. The first-order chi connectivity index (χ1) is 11.6. The molecule has 1 N–H and O–H groups in total. The van der Waals surface area contributed by atoms with Crippen LogP contribution in [0.2, 0.25) is 0 Å². The Morgan fingerprint density at radius 2 is 1.92 bits per heavy atom. The maximum atomic E-state index is 12.6. The first-order valence-electron chi connectivity index (χ1n) is 8.47. The maximum absolute atomic E-state index is 12.6. The Kier molecular flexibility index (Phi) is 6.70. The number of morpholine rings is 1. The quantitative estimate of drug-likeness (QED) is 0.805. The van der Waals surface area contributed by atoms with Crippen LogP contribution in [-0.2, 0) is 11.3 Å². The van der Waals surface area contributed by atoms with Gasteiger partial charge in [-0.1, -0.05) is 13.8 Å². The highest BCUT2D eigenvalue weighted by atomic mass is 35.5. The Bertz CT molecular complexity index is 653. The third-order valence-electron chi connectivity index (χ3n) is 4.54. The molecule has 1 saturated heterocycles. The summed E-state index contributed by atoms with van der Waals surface area (Å²) in [5.74, 6) is 0.850. The highest BCUT2D eigenvalue weighted by Gasteiger charge is 2.32. The standard InChI is InChI=1S/C18H24N2O4.ClH/c1-3-19(4-2)11-14-15(21)6-5-13-17(22)16(24-18(13)14)12-20-7-9-23-10-8-20;/h5-6,12,21H,3-4,7-11H2,1-2H3;1H/b16-12-;. The summed E-state index contributed by atoms with van der Waals surface area (Å²) in [7, 11) is 0. The number of phenolic OH excluding ortho intramolecular Hbond substituents is 1. The Hall–Kier alpha value is -1.76. The first-order valence-corrected chi connectivity index (χ1v) is 8.47. The zero-order valence-electron chi connectivity index (χ0n) is 14.7. The molecule has 0 spiro atoms. The van der Waals surface area contributed by atoms with Crippen molar-refractivity contribution in [2.45, 2.75) is 20.4 Å². The predicted molar refractivity (Wildman–Crippen MR) is 97.4 cm³/mol. The molecule has 2 heterocycles. The van der Waals surface area contributed by atoms with Crippen LogP contribution >= 0.6 is 12.4 Å². The van der Waals surface area contributed by atoms with Gasteiger partial charge in [-0.15, -0.1) is 12.4 Å². The number of aromatic hydroxyl groups is 1. The minimum atomic E-state index is -0.128. The van der Waals surface area contributed by atoms with Gasteiger partial charge in [-0.25, -0.2) is 0 Å². The number of benzene rings is 1. The van der Waals surface area contributed by atoms with Crippen molar-refractivity contribution in [3.63, 3.8) is 0 Å². The summed E-state index contributed by atoms with van der Waals surface area (Å²) in [6, 6.07) is 3.22. The molecule has 2 aliphatic heterocycles. The second-order valence-electron chi connectivity index (χ2n) is 5.97. The van der Waals surface area contributed by atoms with Crippen LogP contribution in [0.15, 0.2) is 24.1 Å². The van der Waals surface area contributed by atoms with Gasteiger partial charge in [0.1, 0.15) is 11.5 Å². The second-order valence-corrected chi connectivity index (χ2v) is 5.97. The third-order valence-corrected chi connectivity index (χ3v) is 4.54. The lowest BCUT2D eigenvalue weighted by molar-refractivity contribution is 0.0577. The Balaban J connectivity index is 0.00000225. The van der Waals surface area contributed by atoms with Crippen molar-refractivity contribution in [1.29, 1.82) is 0 Å². The number of hydrogen-bond donors (Lipinski definition) is 1. The number of rotatable bonds is 5. The van der Waals surface area contributed by atoms with E-state index in [1.165, 1.54) is 0 Å². The van der Waals surface area contributed by atoms with Crippen molar-refractivity contribution in [2.75, 3.05) is 39.4 Å².